The molecule has 0 spiro atoms. The van der Waals surface area contributed by atoms with Crippen LogP contribution >= 0.6 is 0 Å². The summed E-state index contributed by atoms with van der Waals surface area (Å²) in [5.74, 6) is -0.382. The average Bonchev–Trinajstić information content (AvgIpc) is 2.66. The van der Waals surface area contributed by atoms with Gasteiger partial charge in [-0.25, -0.2) is 8.78 Å². The highest BCUT2D eigenvalue weighted by molar-refractivity contribution is 5.79. The zero-order valence-corrected chi connectivity index (χ0v) is 15.0. The number of benzene rings is 2. The number of halogens is 2. The van der Waals surface area contributed by atoms with Gasteiger partial charge in [-0.1, -0.05) is 12.1 Å². The summed E-state index contributed by atoms with van der Waals surface area (Å²) in [5, 5.41) is 6.16. The molecule has 1 amide bonds. The maximum Gasteiger partial charge on any atom is 0.255 e. The number of amides is 1. The first-order valence-electron chi connectivity index (χ1n) is 8.36. The second-order valence-electron chi connectivity index (χ2n) is 5.74. The van der Waals surface area contributed by atoms with Crippen molar-refractivity contribution < 1.29 is 18.3 Å². The Labute approximate surface area is 156 Å². The third-order valence-corrected chi connectivity index (χ3v) is 3.66. The predicted molar refractivity (Wildman–Crippen MR) is 99.4 cm³/mol. The summed E-state index contributed by atoms with van der Waals surface area (Å²) in [4.78, 5) is 14.9. The van der Waals surface area contributed by atoms with E-state index in [4.69, 9.17) is 10.5 Å². The molecule has 0 aliphatic carbocycles. The largest absolute Gasteiger partial charge is 0.484 e. The minimum absolute atomic E-state index is 0.184. The molecule has 144 valence electrons. The molecule has 0 heterocycles. The molecule has 0 bridgehead atoms. The third kappa shape index (κ3) is 6.93. The lowest BCUT2D eigenvalue weighted by Gasteiger charge is -2.13. The molecule has 8 heteroatoms. The van der Waals surface area contributed by atoms with Gasteiger partial charge in [0.1, 0.15) is 17.4 Å². The molecular weight excluding hydrogens is 354 g/mol. The normalized spacial score (nSPS) is 11.1. The molecule has 0 fully saturated rings. The van der Waals surface area contributed by atoms with Crippen LogP contribution in [0.3, 0.4) is 0 Å². The maximum absolute atomic E-state index is 13.6. The molecular formula is C19H22F2N4O2. The summed E-state index contributed by atoms with van der Waals surface area (Å²) in [6.07, 6.45) is 0.320. The van der Waals surface area contributed by atoms with Gasteiger partial charge >= 0.3 is 0 Å². The van der Waals surface area contributed by atoms with Gasteiger partial charge in [0, 0.05) is 20.1 Å². The molecule has 6 nitrogen and oxygen atoms in total. The first-order valence-corrected chi connectivity index (χ1v) is 8.36. The van der Waals surface area contributed by atoms with Crippen LogP contribution in [0.25, 0.3) is 0 Å². The molecule has 0 aromatic heterocycles. The standard InChI is InChI=1S/C19H22F2N4O2/c1-23-19(24-8-7-14-10-15(20)5-6-17(14)21)25-11-13-3-2-4-16(9-13)27-12-18(22)26/h2-6,9-10H,7-8,11-12H2,1H3,(H2,22,26)(H2,23,24,25). The highest BCUT2D eigenvalue weighted by atomic mass is 19.1. The lowest BCUT2D eigenvalue weighted by atomic mass is 10.1. The Balaban J connectivity index is 1.82. The Morgan fingerprint density at radius 3 is 2.74 bits per heavy atom. The summed E-state index contributed by atoms with van der Waals surface area (Å²) < 4.78 is 32.1. The van der Waals surface area contributed by atoms with Crippen molar-refractivity contribution in [2.24, 2.45) is 10.7 Å². The van der Waals surface area contributed by atoms with Gasteiger partial charge in [0.15, 0.2) is 12.6 Å². The SMILES string of the molecule is CN=C(NCCc1cc(F)ccc1F)NCc1cccc(OCC(N)=O)c1. The van der Waals surface area contributed by atoms with E-state index >= 15 is 0 Å². The minimum Gasteiger partial charge on any atom is -0.484 e. The molecule has 4 N–H and O–H groups in total. The van der Waals surface area contributed by atoms with Crippen LogP contribution in [-0.2, 0) is 17.8 Å². The van der Waals surface area contributed by atoms with Crippen LogP contribution in [0.4, 0.5) is 8.78 Å². The number of nitrogens with zero attached hydrogens (tertiary/aromatic N) is 1. The van der Waals surface area contributed by atoms with Crippen molar-refractivity contribution in [1.82, 2.24) is 10.6 Å². The highest BCUT2D eigenvalue weighted by Crippen LogP contribution is 2.13. The van der Waals surface area contributed by atoms with E-state index in [2.05, 4.69) is 15.6 Å². The molecule has 2 aromatic carbocycles. The van der Waals surface area contributed by atoms with Crippen LogP contribution in [-0.4, -0.2) is 32.1 Å². The number of nitrogens with one attached hydrogen (secondary N) is 2. The summed E-state index contributed by atoms with van der Waals surface area (Å²) in [7, 11) is 1.62. The number of nitrogens with two attached hydrogens (primary N) is 1. The molecule has 2 aromatic rings. The Morgan fingerprint density at radius 2 is 2.00 bits per heavy atom. The number of hydrogen-bond donors (Lipinski definition) is 3. The van der Waals surface area contributed by atoms with E-state index in [-0.39, 0.29) is 6.61 Å². The first-order chi connectivity index (χ1) is 13.0. The molecule has 27 heavy (non-hydrogen) atoms. The van der Waals surface area contributed by atoms with E-state index in [9.17, 15) is 13.6 Å². The first kappa shape index (κ1) is 20.2. The van der Waals surface area contributed by atoms with Crippen molar-refractivity contribution in [2.45, 2.75) is 13.0 Å². The number of primary amides is 1. The van der Waals surface area contributed by atoms with Gasteiger partial charge < -0.3 is 21.1 Å². The summed E-state index contributed by atoms with van der Waals surface area (Å²) in [5.41, 5.74) is 6.27. The zero-order chi connectivity index (χ0) is 19.6. The molecule has 0 aliphatic heterocycles. The lowest BCUT2D eigenvalue weighted by molar-refractivity contribution is -0.119. The van der Waals surface area contributed by atoms with Crippen molar-refractivity contribution in [1.29, 1.82) is 0 Å². The summed E-state index contributed by atoms with van der Waals surface area (Å²) in [6.45, 7) is 0.667. The third-order valence-electron chi connectivity index (χ3n) is 3.66. The van der Waals surface area contributed by atoms with E-state index < -0.39 is 17.5 Å². The highest BCUT2D eigenvalue weighted by Gasteiger charge is 2.05. The summed E-state index contributed by atoms with van der Waals surface area (Å²) >= 11 is 0. The van der Waals surface area contributed by atoms with Gasteiger partial charge in [-0.2, -0.15) is 0 Å². The van der Waals surface area contributed by atoms with Crippen molar-refractivity contribution in [2.75, 3.05) is 20.2 Å². The van der Waals surface area contributed by atoms with Crippen LogP contribution in [0.15, 0.2) is 47.5 Å². The summed E-state index contributed by atoms with van der Waals surface area (Å²) in [6, 6.07) is 10.6. The number of ether oxygens (including phenoxy) is 1. The van der Waals surface area contributed by atoms with Gasteiger partial charge in [0.25, 0.3) is 5.91 Å². The van der Waals surface area contributed by atoms with Crippen LogP contribution < -0.4 is 21.1 Å². The molecule has 0 saturated heterocycles. The molecule has 2 rings (SSSR count). The minimum atomic E-state index is -0.544. The Kier molecular flexibility index (Phi) is 7.54. The van der Waals surface area contributed by atoms with Crippen LogP contribution in [0.2, 0.25) is 0 Å². The van der Waals surface area contributed by atoms with Crippen LogP contribution in [0, 0.1) is 11.6 Å². The van der Waals surface area contributed by atoms with Crippen molar-refractivity contribution >= 4 is 11.9 Å². The maximum atomic E-state index is 13.6. The smallest absolute Gasteiger partial charge is 0.255 e. The predicted octanol–water partition coefficient (Wildman–Crippen LogP) is 1.74. The second kappa shape index (κ2) is 10.1. The molecule has 0 radical (unpaired) electrons. The molecule has 0 saturated carbocycles. The van der Waals surface area contributed by atoms with Crippen LogP contribution in [0.5, 0.6) is 5.75 Å². The lowest BCUT2D eigenvalue weighted by Crippen LogP contribution is -2.37. The van der Waals surface area contributed by atoms with Crippen molar-refractivity contribution in [3.63, 3.8) is 0 Å². The monoisotopic (exact) mass is 376 g/mol. The molecule has 0 unspecified atom stereocenters. The number of aliphatic imine (C=N–C) groups is 1. The zero-order valence-electron chi connectivity index (χ0n) is 15.0. The number of rotatable bonds is 8. The number of carbonyl (C=O) groups is 1. The van der Waals surface area contributed by atoms with E-state index in [1.54, 1.807) is 25.2 Å². The van der Waals surface area contributed by atoms with Crippen molar-refractivity contribution in [3.8, 4) is 5.75 Å². The van der Waals surface area contributed by atoms with Gasteiger partial charge in [0.2, 0.25) is 0 Å². The second-order valence-corrected chi connectivity index (χ2v) is 5.74. The fourth-order valence-corrected chi connectivity index (χ4v) is 2.36. The Hall–Kier alpha value is -3.16. The number of hydrogen-bond acceptors (Lipinski definition) is 3. The fraction of sp³-hybridized carbons (Fsp3) is 0.263. The molecule has 0 aliphatic rings. The van der Waals surface area contributed by atoms with Crippen molar-refractivity contribution in [3.05, 3.63) is 65.2 Å². The number of carbonyl (C=O) groups excluding carboxylic acids is 1. The molecule has 0 atom stereocenters. The van der Waals surface area contributed by atoms with E-state index in [0.717, 1.165) is 17.7 Å². The van der Waals surface area contributed by atoms with E-state index in [0.29, 0.717) is 36.8 Å². The van der Waals surface area contributed by atoms with Gasteiger partial charge in [-0.05, 0) is 47.9 Å². The fourth-order valence-electron chi connectivity index (χ4n) is 2.36. The van der Waals surface area contributed by atoms with Gasteiger partial charge in [-0.15, -0.1) is 0 Å². The topological polar surface area (TPSA) is 88.7 Å². The van der Waals surface area contributed by atoms with Crippen LogP contribution in [0.1, 0.15) is 11.1 Å². The Morgan fingerprint density at radius 1 is 1.19 bits per heavy atom. The van der Waals surface area contributed by atoms with E-state index in [1.165, 1.54) is 6.07 Å². The Bertz CT molecular complexity index is 812. The van der Waals surface area contributed by atoms with E-state index in [1.807, 2.05) is 6.07 Å². The van der Waals surface area contributed by atoms with Gasteiger partial charge in [0.05, 0.1) is 0 Å². The average molecular weight is 376 g/mol. The quantitative estimate of drug-likeness (QED) is 0.484. The number of guanidine groups is 1. The van der Waals surface area contributed by atoms with Gasteiger partial charge in [-0.3, -0.25) is 9.79 Å².